The van der Waals surface area contributed by atoms with Crippen LogP contribution in [0.3, 0.4) is 0 Å². The molecule has 1 N–H and O–H groups in total. The van der Waals surface area contributed by atoms with Gasteiger partial charge in [-0.1, -0.05) is 29.8 Å². The molecule has 1 amide bonds. The first-order chi connectivity index (χ1) is 13.0. The standard InChI is InChI=1S/C20H20N4O2S/c1-13-7-8-17-16(11-13)19(21-14(2)25)23-20(22-17)24-9-10-27(26)18-6-4-3-5-15(18)12-24/h3-8,11H,9-10,12H2,1-2H3,(H,21,22,23,25). The number of benzene rings is 2. The summed E-state index contributed by atoms with van der Waals surface area (Å²) in [5.41, 5.74) is 2.86. The number of aryl methyl sites for hydroxylation is 1. The maximum absolute atomic E-state index is 12.5. The number of carbonyl (C=O) groups excluding carboxylic acids is 1. The van der Waals surface area contributed by atoms with Gasteiger partial charge in [-0.3, -0.25) is 9.00 Å². The van der Waals surface area contributed by atoms with E-state index in [1.807, 2.05) is 54.3 Å². The monoisotopic (exact) mass is 380 g/mol. The molecule has 4 rings (SSSR count). The van der Waals surface area contributed by atoms with Crippen LogP contribution >= 0.6 is 0 Å². The highest BCUT2D eigenvalue weighted by Gasteiger charge is 2.22. The van der Waals surface area contributed by atoms with E-state index in [0.29, 0.717) is 30.6 Å². The number of carbonyl (C=O) groups is 1. The van der Waals surface area contributed by atoms with Gasteiger partial charge in [0.15, 0.2) is 0 Å². The maximum atomic E-state index is 12.5. The molecule has 0 aliphatic carbocycles. The number of hydrogen-bond acceptors (Lipinski definition) is 5. The minimum atomic E-state index is -1.04. The minimum Gasteiger partial charge on any atom is -0.335 e. The lowest BCUT2D eigenvalue weighted by atomic mass is 10.1. The number of rotatable bonds is 2. The smallest absolute Gasteiger partial charge is 0.228 e. The Morgan fingerprint density at radius 3 is 2.81 bits per heavy atom. The number of aromatic nitrogens is 2. The van der Waals surface area contributed by atoms with Crippen molar-refractivity contribution in [2.45, 2.75) is 25.3 Å². The Kier molecular flexibility index (Phi) is 4.61. The molecule has 1 aliphatic rings. The summed E-state index contributed by atoms with van der Waals surface area (Å²) < 4.78 is 12.5. The Labute approximate surface area is 160 Å². The second kappa shape index (κ2) is 7.08. The molecule has 0 saturated heterocycles. The lowest BCUT2D eigenvalue weighted by Crippen LogP contribution is -2.27. The van der Waals surface area contributed by atoms with Crippen molar-refractivity contribution in [1.82, 2.24) is 9.97 Å². The molecule has 0 bridgehead atoms. The van der Waals surface area contributed by atoms with Crippen molar-refractivity contribution in [3.63, 3.8) is 0 Å². The van der Waals surface area contributed by atoms with E-state index < -0.39 is 10.8 Å². The first kappa shape index (κ1) is 17.6. The molecular formula is C20H20N4O2S. The number of fused-ring (bicyclic) bond motifs is 2. The van der Waals surface area contributed by atoms with Crippen LogP contribution in [0.4, 0.5) is 11.8 Å². The van der Waals surface area contributed by atoms with Crippen molar-refractivity contribution in [2.75, 3.05) is 22.5 Å². The Morgan fingerprint density at radius 1 is 1.19 bits per heavy atom. The third-order valence-corrected chi connectivity index (χ3v) is 5.98. The van der Waals surface area contributed by atoms with Crippen LogP contribution in [0.5, 0.6) is 0 Å². The zero-order valence-corrected chi connectivity index (χ0v) is 16.0. The first-order valence-electron chi connectivity index (χ1n) is 8.78. The van der Waals surface area contributed by atoms with Crippen LogP contribution in [0.15, 0.2) is 47.4 Å². The van der Waals surface area contributed by atoms with Gasteiger partial charge in [0.05, 0.1) is 16.3 Å². The van der Waals surface area contributed by atoms with Gasteiger partial charge in [-0.25, -0.2) is 4.98 Å². The van der Waals surface area contributed by atoms with Gasteiger partial charge in [0.2, 0.25) is 11.9 Å². The van der Waals surface area contributed by atoms with Crippen LogP contribution in [0.2, 0.25) is 0 Å². The van der Waals surface area contributed by atoms with E-state index in [4.69, 9.17) is 4.98 Å². The lowest BCUT2D eigenvalue weighted by Gasteiger charge is -2.21. The van der Waals surface area contributed by atoms with Crippen molar-refractivity contribution >= 4 is 39.4 Å². The molecule has 0 spiro atoms. The Morgan fingerprint density at radius 2 is 2.00 bits per heavy atom. The van der Waals surface area contributed by atoms with E-state index in [9.17, 15) is 9.00 Å². The van der Waals surface area contributed by atoms with Crippen LogP contribution in [0, 0.1) is 6.92 Å². The normalized spacial score (nSPS) is 16.7. The predicted molar refractivity (Wildman–Crippen MR) is 107 cm³/mol. The lowest BCUT2D eigenvalue weighted by molar-refractivity contribution is -0.114. The summed E-state index contributed by atoms with van der Waals surface area (Å²) in [6.07, 6.45) is 0. The fourth-order valence-electron chi connectivity index (χ4n) is 3.25. The Hall–Kier alpha value is -2.80. The van der Waals surface area contributed by atoms with E-state index in [0.717, 1.165) is 26.9 Å². The summed E-state index contributed by atoms with van der Waals surface area (Å²) >= 11 is 0. The zero-order chi connectivity index (χ0) is 19.0. The Balaban J connectivity index is 1.80. The van der Waals surface area contributed by atoms with Gasteiger partial charge in [0.25, 0.3) is 0 Å². The van der Waals surface area contributed by atoms with Crippen molar-refractivity contribution in [2.24, 2.45) is 0 Å². The average Bonchev–Trinajstić information content (AvgIpc) is 2.81. The topological polar surface area (TPSA) is 75.2 Å². The molecule has 1 aromatic heterocycles. The van der Waals surface area contributed by atoms with E-state index in [1.54, 1.807) is 0 Å². The largest absolute Gasteiger partial charge is 0.335 e. The van der Waals surface area contributed by atoms with Crippen molar-refractivity contribution < 1.29 is 9.00 Å². The summed E-state index contributed by atoms with van der Waals surface area (Å²) in [6.45, 7) is 4.62. The van der Waals surface area contributed by atoms with E-state index in [2.05, 4.69) is 10.3 Å². The van der Waals surface area contributed by atoms with E-state index in [-0.39, 0.29) is 5.91 Å². The van der Waals surface area contributed by atoms with Crippen LogP contribution in [0.1, 0.15) is 18.1 Å². The van der Waals surface area contributed by atoms with E-state index >= 15 is 0 Å². The highest BCUT2D eigenvalue weighted by atomic mass is 32.2. The second-order valence-electron chi connectivity index (χ2n) is 6.65. The van der Waals surface area contributed by atoms with Gasteiger partial charge in [0.1, 0.15) is 5.82 Å². The Bertz CT molecular complexity index is 1070. The molecule has 0 radical (unpaired) electrons. The predicted octanol–water partition coefficient (Wildman–Crippen LogP) is 3.02. The number of nitrogens with zero attached hydrogens (tertiary/aromatic N) is 3. The molecular weight excluding hydrogens is 360 g/mol. The van der Waals surface area contributed by atoms with Gasteiger partial charge in [-0.15, -0.1) is 0 Å². The van der Waals surface area contributed by atoms with Gasteiger partial charge < -0.3 is 10.2 Å². The maximum Gasteiger partial charge on any atom is 0.228 e. The summed E-state index contributed by atoms with van der Waals surface area (Å²) in [6, 6.07) is 13.7. The quantitative estimate of drug-likeness (QED) is 0.740. The molecule has 2 aromatic carbocycles. The van der Waals surface area contributed by atoms with Crippen LogP contribution in [0.25, 0.3) is 10.9 Å². The SMILES string of the molecule is CC(=O)Nc1nc(N2CCS(=O)c3ccccc3C2)nc2ccc(C)cc12. The highest BCUT2D eigenvalue weighted by molar-refractivity contribution is 7.85. The third kappa shape index (κ3) is 3.55. The molecule has 1 aliphatic heterocycles. The number of amides is 1. The number of anilines is 2. The fourth-order valence-corrected chi connectivity index (χ4v) is 4.51. The summed E-state index contributed by atoms with van der Waals surface area (Å²) in [5.74, 6) is 1.38. The molecule has 1 unspecified atom stereocenters. The molecule has 0 fully saturated rings. The highest BCUT2D eigenvalue weighted by Crippen LogP contribution is 2.27. The van der Waals surface area contributed by atoms with Crippen LogP contribution < -0.4 is 10.2 Å². The molecule has 138 valence electrons. The summed E-state index contributed by atoms with van der Waals surface area (Å²) in [7, 11) is -1.04. The van der Waals surface area contributed by atoms with Gasteiger partial charge in [0, 0.05) is 36.0 Å². The molecule has 3 aromatic rings. The van der Waals surface area contributed by atoms with Gasteiger partial charge >= 0.3 is 0 Å². The average molecular weight is 380 g/mol. The fraction of sp³-hybridized carbons (Fsp3) is 0.250. The number of hydrogen-bond donors (Lipinski definition) is 1. The van der Waals surface area contributed by atoms with Crippen molar-refractivity contribution in [3.05, 3.63) is 53.6 Å². The van der Waals surface area contributed by atoms with Crippen LogP contribution in [-0.2, 0) is 22.1 Å². The molecule has 27 heavy (non-hydrogen) atoms. The van der Waals surface area contributed by atoms with Gasteiger partial charge in [-0.05, 0) is 30.7 Å². The van der Waals surface area contributed by atoms with Gasteiger partial charge in [-0.2, -0.15) is 4.98 Å². The molecule has 1 atom stereocenters. The minimum absolute atomic E-state index is 0.176. The molecule has 7 heteroatoms. The van der Waals surface area contributed by atoms with E-state index in [1.165, 1.54) is 6.92 Å². The van der Waals surface area contributed by atoms with Crippen molar-refractivity contribution in [3.8, 4) is 0 Å². The first-order valence-corrected chi connectivity index (χ1v) is 10.1. The molecule has 2 heterocycles. The molecule has 6 nitrogen and oxygen atoms in total. The zero-order valence-electron chi connectivity index (χ0n) is 15.2. The summed E-state index contributed by atoms with van der Waals surface area (Å²) in [5, 5.41) is 3.63. The third-order valence-electron chi connectivity index (χ3n) is 4.54. The van der Waals surface area contributed by atoms with Crippen LogP contribution in [-0.4, -0.2) is 32.4 Å². The second-order valence-corrected chi connectivity index (χ2v) is 8.19. The van der Waals surface area contributed by atoms with Crippen molar-refractivity contribution in [1.29, 1.82) is 0 Å². The summed E-state index contributed by atoms with van der Waals surface area (Å²) in [4.78, 5) is 23.9. The molecule has 0 saturated carbocycles. The number of nitrogens with one attached hydrogen (secondary N) is 1.